The number of thiophene rings is 1. The fourth-order valence-electron chi connectivity index (χ4n) is 3.95. The summed E-state index contributed by atoms with van der Waals surface area (Å²) >= 11 is 1.36. The maximum absolute atomic E-state index is 13.1. The van der Waals surface area contributed by atoms with Crippen LogP contribution in [-0.4, -0.2) is 68.3 Å². The first kappa shape index (κ1) is 21.9. The number of amides is 2. The second-order valence-corrected chi connectivity index (χ2v) is 10.3. The molecule has 10 heteroatoms. The van der Waals surface area contributed by atoms with Crippen molar-refractivity contribution in [2.75, 3.05) is 32.8 Å². The summed E-state index contributed by atoms with van der Waals surface area (Å²) in [6, 6.07) is 9.73. The van der Waals surface area contributed by atoms with Crippen LogP contribution in [0, 0.1) is 0 Å². The van der Waals surface area contributed by atoms with Crippen LogP contribution in [-0.2, 0) is 26.1 Å². The quantitative estimate of drug-likeness (QED) is 0.703. The highest BCUT2D eigenvalue weighted by Crippen LogP contribution is 2.24. The molecule has 0 bridgehead atoms. The Kier molecular flexibility index (Phi) is 6.71. The molecule has 1 atom stereocenters. The molecule has 8 nitrogen and oxygen atoms in total. The van der Waals surface area contributed by atoms with Gasteiger partial charge >= 0.3 is 0 Å². The molecular weight excluding hydrogens is 438 g/mol. The van der Waals surface area contributed by atoms with Crippen molar-refractivity contribution >= 4 is 33.2 Å². The van der Waals surface area contributed by atoms with Crippen LogP contribution in [0.3, 0.4) is 0 Å². The zero-order valence-electron chi connectivity index (χ0n) is 17.0. The number of carbonyl (C=O) groups excluding carboxylic acids is 2. The first-order chi connectivity index (χ1) is 15.0. The van der Waals surface area contributed by atoms with Crippen LogP contribution in [0.5, 0.6) is 0 Å². The Morgan fingerprint density at radius 2 is 1.87 bits per heavy atom. The molecule has 166 valence electrons. The lowest BCUT2D eigenvalue weighted by Gasteiger charge is -2.27. The molecule has 2 aromatic rings. The molecule has 0 spiro atoms. The molecule has 1 aromatic carbocycles. The van der Waals surface area contributed by atoms with Gasteiger partial charge in [-0.3, -0.25) is 9.59 Å². The van der Waals surface area contributed by atoms with Gasteiger partial charge in [-0.05, 0) is 35.9 Å². The van der Waals surface area contributed by atoms with Crippen LogP contribution in [0.15, 0.2) is 46.7 Å². The molecule has 2 amide bonds. The lowest BCUT2D eigenvalue weighted by molar-refractivity contribution is -0.125. The number of nitrogens with one attached hydrogen (secondary N) is 1. The van der Waals surface area contributed by atoms with Crippen molar-refractivity contribution < 1.29 is 22.7 Å². The van der Waals surface area contributed by atoms with E-state index in [1.807, 2.05) is 11.4 Å². The number of carbonyl (C=O) groups is 2. The molecule has 4 rings (SSSR count). The molecule has 2 fully saturated rings. The van der Waals surface area contributed by atoms with Crippen LogP contribution >= 0.6 is 11.3 Å². The number of nitrogens with zero attached hydrogens (tertiary/aromatic N) is 2. The summed E-state index contributed by atoms with van der Waals surface area (Å²) in [6.45, 7) is 1.98. The topological polar surface area (TPSA) is 96.0 Å². The molecule has 2 saturated heterocycles. The average Bonchev–Trinajstić information content (AvgIpc) is 3.50. The summed E-state index contributed by atoms with van der Waals surface area (Å²) in [5, 5.41) is 4.69. The van der Waals surface area contributed by atoms with Crippen LogP contribution in [0.1, 0.15) is 28.1 Å². The summed E-state index contributed by atoms with van der Waals surface area (Å²) in [5.41, 5.74) is 0.525. The molecule has 0 aliphatic carbocycles. The van der Waals surface area contributed by atoms with Gasteiger partial charge in [0, 0.05) is 26.2 Å². The van der Waals surface area contributed by atoms with Crippen LogP contribution < -0.4 is 5.32 Å². The Balaban J connectivity index is 1.46. The number of benzene rings is 1. The third kappa shape index (κ3) is 4.67. The smallest absolute Gasteiger partial charge is 0.264 e. The van der Waals surface area contributed by atoms with Crippen molar-refractivity contribution in [3.8, 4) is 0 Å². The third-order valence-corrected chi connectivity index (χ3v) is 8.42. The zero-order chi connectivity index (χ0) is 21.8. The van der Waals surface area contributed by atoms with Crippen molar-refractivity contribution in [2.24, 2.45) is 0 Å². The summed E-state index contributed by atoms with van der Waals surface area (Å²) in [5.74, 6) is -0.399. The number of hydrogen-bond acceptors (Lipinski definition) is 6. The van der Waals surface area contributed by atoms with E-state index in [0.29, 0.717) is 49.7 Å². The summed E-state index contributed by atoms with van der Waals surface area (Å²) in [4.78, 5) is 28.0. The van der Waals surface area contributed by atoms with Crippen molar-refractivity contribution in [2.45, 2.75) is 30.3 Å². The Bertz CT molecular complexity index is 1030. The fourth-order valence-corrected chi connectivity index (χ4v) is 6.26. The lowest BCUT2D eigenvalue weighted by Crippen LogP contribution is -2.45. The SMILES string of the molecule is O=C(NCc1ccccc1S(=O)(=O)N1CCOCC1)[C@@H]1CCCN1C(=O)c1cccs1. The molecule has 1 N–H and O–H groups in total. The Morgan fingerprint density at radius 3 is 2.61 bits per heavy atom. The summed E-state index contributed by atoms with van der Waals surface area (Å²) < 4.78 is 32.8. The van der Waals surface area contributed by atoms with Gasteiger partial charge in [-0.2, -0.15) is 4.31 Å². The van der Waals surface area contributed by atoms with Gasteiger partial charge in [0.25, 0.3) is 5.91 Å². The Labute approximate surface area is 185 Å². The van der Waals surface area contributed by atoms with E-state index in [2.05, 4.69) is 5.32 Å². The number of hydrogen-bond donors (Lipinski definition) is 1. The third-order valence-electron chi connectivity index (χ3n) is 5.56. The van der Waals surface area contributed by atoms with E-state index < -0.39 is 16.1 Å². The molecule has 0 saturated carbocycles. The Morgan fingerprint density at radius 1 is 1.10 bits per heavy atom. The maximum atomic E-state index is 13.1. The zero-order valence-corrected chi connectivity index (χ0v) is 18.7. The summed E-state index contributed by atoms with van der Waals surface area (Å²) in [7, 11) is -3.67. The predicted molar refractivity (Wildman–Crippen MR) is 116 cm³/mol. The van der Waals surface area contributed by atoms with Gasteiger partial charge < -0.3 is 15.0 Å². The minimum Gasteiger partial charge on any atom is -0.379 e. The van der Waals surface area contributed by atoms with E-state index >= 15 is 0 Å². The van der Waals surface area contributed by atoms with Gasteiger partial charge in [0.2, 0.25) is 15.9 Å². The van der Waals surface area contributed by atoms with Crippen molar-refractivity contribution in [3.05, 3.63) is 52.2 Å². The highest BCUT2D eigenvalue weighted by Gasteiger charge is 2.35. The highest BCUT2D eigenvalue weighted by atomic mass is 32.2. The lowest BCUT2D eigenvalue weighted by atomic mass is 10.2. The molecule has 1 aromatic heterocycles. The maximum Gasteiger partial charge on any atom is 0.264 e. The molecule has 31 heavy (non-hydrogen) atoms. The van der Waals surface area contributed by atoms with E-state index in [0.717, 1.165) is 6.42 Å². The first-order valence-corrected chi connectivity index (χ1v) is 12.6. The number of ether oxygens (including phenoxy) is 1. The van der Waals surface area contributed by atoms with Crippen molar-refractivity contribution in [3.63, 3.8) is 0 Å². The first-order valence-electron chi connectivity index (χ1n) is 10.3. The molecule has 0 radical (unpaired) electrons. The van der Waals surface area contributed by atoms with E-state index in [-0.39, 0.29) is 23.3 Å². The number of rotatable bonds is 6. The number of sulfonamides is 1. The normalized spacial score (nSPS) is 20.0. The fraction of sp³-hybridized carbons (Fsp3) is 0.429. The monoisotopic (exact) mass is 463 g/mol. The minimum absolute atomic E-state index is 0.0795. The molecule has 0 unspecified atom stereocenters. The van der Waals surface area contributed by atoms with Crippen molar-refractivity contribution in [1.29, 1.82) is 0 Å². The second-order valence-electron chi connectivity index (χ2n) is 7.48. The summed E-state index contributed by atoms with van der Waals surface area (Å²) in [6.07, 6.45) is 1.36. The van der Waals surface area contributed by atoms with E-state index in [4.69, 9.17) is 4.74 Å². The van der Waals surface area contributed by atoms with Crippen LogP contribution in [0.2, 0.25) is 0 Å². The number of morpholine rings is 1. The van der Waals surface area contributed by atoms with Gasteiger partial charge in [0.05, 0.1) is 23.0 Å². The van der Waals surface area contributed by atoms with Gasteiger partial charge in [-0.25, -0.2) is 8.42 Å². The van der Waals surface area contributed by atoms with Gasteiger partial charge in [-0.15, -0.1) is 11.3 Å². The van der Waals surface area contributed by atoms with Crippen LogP contribution in [0.25, 0.3) is 0 Å². The second kappa shape index (κ2) is 9.47. The van der Waals surface area contributed by atoms with Crippen LogP contribution in [0.4, 0.5) is 0 Å². The highest BCUT2D eigenvalue weighted by molar-refractivity contribution is 7.89. The van der Waals surface area contributed by atoms with E-state index in [1.165, 1.54) is 15.6 Å². The predicted octanol–water partition coefficient (Wildman–Crippen LogP) is 1.69. The van der Waals surface area contributed by atoms with Gasteiger partial charge in [0.15, 0.2) is 0 Å². The average molecular weight is 464 g/mol. The van der Waals surface area contributed by atoms with Crippen molar-refractivity contribution in [1.82, 2.24) is 14.5 Å². The largest absolute Gasteiger partial charge is 0.379 e. The van der Waals surface area contributed by atoms with E-state index in [1.54, 1.807) is 35.2 Å². The standard InChI is InChI=1S/C21H25N3O5S2/c25-20(17-6-3-9-24(17)21(26)18-7-4-14-30-18)22-15-16-5-1-2-8-19(16)31(27,28)23-10-12-29-13-11-23/h1-2,4-5,7-8,14,17H,3,6,9-13,15H2,(H,22,25)/t17-/m0/s1. The molecule has 2 aliphatic heterocycles. The Hall–Kier alpha value is -2.27. The molecular formula is C21H25N3O5S2. The molecule has 3 heterocycles. The van der Waals surface area contributed by atoms with Gasteiger partial charge in [0.1, 0.15) is 6.04 Å². The van der Waals surface area contributed by atoms with Gasteiger partial charge in [-0.1, -0.05) is 24.3 Å². The molecule has 2 aliphatic rings. The number of likely N-dealkylation sites (tertiary alicyclic amines) is 1. The minimum atomic E-state index is -3.67. The van der Waals surface area contributed by atoms with E-state index in [9.17, 15) is 18.0 Å².